The summed E-state index contributed by atoms with van der Waals surface area (Å²) < 4.78 is 82.2. The fourth-order valence-corrected chi connectivity index (χ4v) is 8.56. The molecule has 3 fully saturated rings. The van der Waals surface area contributed by atoms with Crippen LogP contribution in [0.25, 0.3) is 0 Å². The molecule has 2 aliphatic heterocycles. The Morgan fingerprint density at radius 1 is 0.889 bits per heavy atom. The minimum atomic E-state index is -5.23. The quantitative estimate of drug-likeness (QED) is 0.167. The molecule has 6 atom stereocenters. The number of phenolic OH excluding ortho intramolecular Hbond substituents is 1. The summed E-state index contributed by atoms with van der Waals surface area (Å²) in [6.07, 6.45) is -9.62. The number of carbonyl (C=O) groups excluding carboxylic acids is 4. The molecule has 16 heteroatoms. The van der Waals surface area contributed by atoms with E-state index >= 15 is 0 Å². The highest BCUT2D eigenvalue weighted by molar-refractivity contribution is 9.10. The number of hydrogen-bond donors (Lipinski definition) is 1. The molecule has 2 saturated heterocycles. The van der Waals surface area contributed by atoms with Gasteiger partial charge in [0.15, 0.2) is 9.75 Å². The zero-order chi connectivity index (χ0) is 33.2. The second kappa shape index (κ2) is 9.95. The van der Waals surface area contributed by atoms with Gasteiger partial charge in [0.1, 0.15) is 5.75 Å². The van der Waals surface area contributed by atoms with Gasteiger partial charge in [0.25, 0.3) is 11.8 Å². The highest BCUT2D eigenvalue weighted by atomic mass is 79.9. The van der Waals surface area contributed by atoms with E-state index in [-0.39, 0.29) is 29.4 Å². The first-order valence-corrected chi connectivity index (χ1v) is 14.8. The van der Waals surface area contributed by atoms with E-state index in [2.05, 4.69) is 15.9 Å². The maximum Gasteiger partial charge on any atom is 0.416 e. The molecule has 2 aromatic carbocycles. The van der Waals surface area contributed by atoms with Gasteiger partial charge in [-0.05, 0) is 55.2 Å². The lowest BCUT2D eigenvalue weighted by Crippen LogP contribution is -2.60. The van der Waals surface area contributed by atoms with Gasteiger partial charge in [-0.1, -0.05) is 27.6 Å². The van der Waals surface area contributed by atoms with Crippen molar-refractivity contribution < 1.29 is 50.6 Å². The van der Waals surface area contributed by atoms with Crippen LogP contribution in [0.4, 0.5) is 32.0 Å². The van der Waals surface area contributed by atoms with Crippen molar-refractivity contribution in [3.05, 3.63) is 69.2 Å². The number of halogens is 9. The minimum Gasteiger partial charge on any atom is -0.508 e. The molecule has 1 saturated carbocycles. The van der Waals surface area contributed by atoms with Crippen LogP contribution < -0.4 is 4.90 Å². The monoisotopic (exact) mass is 738 g/mol. The lowest BCUT2D eigenvalue weighted by Gasteiger charge is -2.50. The number of carbonyl (C=O) groups is 4. The van der Waals surface area contributed by atoms with E-state index in [0.29, 0.717) is 21.5 Å². The van der Waals surface area contributed by atoms with Gasteiger partial charge < -0.3 is 5.11 Å². The van der Waals surface area contributed by atoms with Crippen LogP contribution in [0, 0.1) is 17.8 Å². The summed E-state index contributed by atoms with van der Waals surface area (Å²) in [4.78, 5) is 51.3. The third-order valence-corrected chi connectivity index (χ3v) is 11.1. The summed E-state index contributed by atoms with van der Waals surface area (Å²) in [5, 5.41) is 10.9. The molecule has 4 aliphatic rings. The number of imide groups is 2. The smallest absolute Gasteiger partial charge is 0.416 e. The molecule has 45 heavy (non-hydrogen) atoms. The lowest BCUT2D eigenvalue weighted by atomic mass is 9.56. The predicted molar refractivity (Wildman–Crippen MR) is 150 cm³/mol. The number of benzene rings is 2. The van der Waals surface area contributed by atoms with Crippen LogP contribution in [0.3, 0.4) is 0 Å². The zero-order valence-corrected chi connectivity index (χ0v) is 25.7. The number of phenols is 1. The van der Waals surface area contributed by atoms with Crippen LogP contribution in [0.1, 0.15) is 35.4 Å². The van der Waals surface area contributed by atoms with Crippen molar-refractivity contribution in [3.63, 3.8) is 0 Å². The van der Waals surface area contributed by atoms with Crippen LogP contribution in [-0.2, 0) is 31.5 Å². The summed E-state index contributed by atoms with van der Waals surface area (Å²) in [5.41, 5.74) is -4.00. The maximum atomic E-state index is 14.0. The lowest BCUT2D eigenvalue weighted by molar-refractivity contribution is -0.143. The summed E-state index contributed by atoms with van der Waals surface area (Å²) in [7, 11) is 1.16. The number of aromatic hydroxyl groups is 1. The van der Waals surface area contributed by atoms with Gasteiger partial charge in [0, 0.05) is 23.0 Å². The van der Waals surface area contributed by atoms with Crippen molar-refractivity contribution in [3.8, 4) is 5.75 Å². The van der Waals surface area contributed by atoms with Crippen LogP contribution >= 0.6 is 39.1 Å². The normalized spacial score (nSPS) is 31.6. The van der Waals surface area contributed by atoms with Crippen molar-refractivity contribution in [2.75, 3.05) is 11.9 Å². The standard InChI is InChI=1S/C29H19BrCl2F6N2O5/c1-39-24(44)26(31)10-18-15(21(27(26,32)25(39)45)17-9-13(30)2-5-19(17)41)3-4-16-20(18)23(43)40(22(16)42)14-7-11(28(33,34)35)6-12(8-14)29(36,37)38/h2-3,5-9,16,18,20-21,41H,4,10H2,1H3. The number of anilines is 1. The fourth-order valence-electron chi connectivity index (χ4n) is 7.17. The topological polar surface area (TPSA) is 95.0 Å². The van der Waals surface area contributed by atoms with Gasteiger partial charge in [-0.15, -0.1) is 23.2 Å². The fraction of sp³-hybridized carbons (Fsp3) is 0.379. The van der Waals surface area contributed by atoms with E-state index in [1.54, 1.807) is 0 Å². The van der Waals surface area contributed by atoms with Crippen LogP contribution in [0.2, 0.25) is 0 Å². The first-order chi connectivity index (χ1) is 20.7. The van der Waals surface area contributed by atoms with Crippen molar-refractivity contribution in [2.24, 2.45) is 17.8 Å². The molecule has 0 aromatic heterocycles. The molecular weight excluding hydrogens is 721 g/mol. The van der Waals surface area contributed by atoms with E-state index in [4.69, 9.17) is 23.2 Å². The molecular formula is C29H19BrCl2F6N2O5. The van der Waals surface area contributed by atoms with Gasteiger partial charge in [0.05, 0.1) is 28.7 Å². The third-order valence-electron chi connectivity index (χ3n) is 9.15. The average Bonchev–Trinajstić information content (AvgIpc) is 3.28. The first-order valence-electron chi connectivity index (χ1n) is 13.3. The number of amides is 4. The molecule has 2 aromatic rings. The number of alkyl halides is 8. The Kier molecular flexibility index (Phi) is 7.04. The second-order valence-electron chi connectivity index (χ2n) is 11.5. The van der Waals surface area contributed by atoms with E-state index in [9.17, 15) is 50.6 Å². The number of hydrogen-bond acceptors (Lipinski definition) is 5. The van der Waals surface area contributed by atoms with E-state index in [1.165, 1.54) is 24.3 Å². The third kappa shape index (κ3) is 4.38. The number of fused-ring (bicyclic) bond motifs is 4. The average molecular weight is 740 g/mol. The molecule has 238 valence electrons. The Bertz CT molecular complexity index is 1720. The summed E-state index contributed by atoms with van der Waals surface area (Å²) in [6.45, 7) is 0. The molecule has 0 spiro atoms. The van der Waals surface area contributed by atoms with Gasteiger partial charge in [-0.3, -0.25) is 24.1 Å². The van der Waals surface area contributed by atoms with Gasteiger partial charge in [0.2, 0.25) is 11.8 Å². The van der Waals surface area contributed by atoms with Gasteiger partial charge in [-0.2, -0.15) is 26.3 Å². The Morgan fingerprint density at radius 3 is 2.07 bits per heavy atom. The molecule has 0 bridgehead atoms. The van der Waals surface area contributed by atoms with Crippen molar-refractivity contribution in [1.29, 1.82) is 0 Å². The van der Waals surface area contributed by atoms with E-state index in [1.807, 2.05) is 0 Å². The number of rotatable bonds is 2. The minimum absolute atomic E-state index is 0.0663. The summed E-state index contributed by atoms with van der Waals surface area (Å²) in [6, 6.07) is 4.71. The summed E-state index contributed by atoms with van der Waals surface area (Å²) in [5.74, 6) is -9.32. The Balaban J connectivity index is 1.51. The number of allylic oxidation sites excluding steroid dienone is 2. The van der Waals surface area contributed by atoms with Crippen LogP contribution in [-0.4, -0.2) is 50.4 Å². The molecule has 2 aliphatic carbocycles. The molecule has 6 unspecified atom stereocenters. The zero-order valence-electron chi connectivity index (χ0n) is 22.6. The Morgan fingerprint density at radius 2 is 1.49 bits per heavy atom. The van der Waals surface area contributed by atoms with Crippen LogP contribution in [0.15, 0.2) is 52.5 Å². The molecule has 2 heterocycles. The predicted octanol–water partition coefficient (Wildman–Crippen LogP) is 6.39. The highest BCUT2D eigenvalue weighted by Crippen LogP contribution is 2.66. The molecule has 6 rings (SSSR count). The number of likely N-dealkylation sites (tertiary alicyclic amines) is 1. The van der Waals surface area contributed by atoms with Gasteiger partial charge in [-0.25, -0.2) is 4.90 Å². The molecule has 4 amide bonds. The van der Waals surface area contributed by atoms with Crippen molar-refractivity contribution in [2.45, 2.75) is 40.9 Å². The Labute approximate surface area is 268 Å². The maximum absolute atomic E-state index is 14.0. The molecule has 0 radical (unpaired) electrons. The van der Waals surface area contributed by atoms with Crippen molar-refractivity contribution >= 4 is 68.4 Å². The molecule has 1 N–H and O–H groups in total. The largest absolute Gasteiger partial charge is 0.508 e. The SMILES string of the molecule is CN1C(=O)C2(Cl)CC3C(=CCC4C(=O)N(c5cc(C(F)(F)F)cc(C(F)(F)F)c5)C(=O)C43)C(c3cc(Br)ccc3O)C2(Cl)C1=O. The second-order valence-corrected chi connectivity index (χ2v) is 13.6. The van der Waals surface area contributed by atoms with E-state index < -0.39 is 92.6 Å². The first kappa shape index (κ1) is 31.9. The highest BCUT2D eigenvalue weighted by Gasteiger charge is 2.76. The molecule has 7 nitrogen and oxygen atoms in total. The number of nitrogens with zero attached hydrogens (tertiary/aromatic N) is 2. The Hall–Kier alpha value is -3.10. The summed E-state index contributed by atoms with van der Waals surface area (Å²) >= 11 is 17.3. The van der Waals surface area contributed by atoms with Crippen LogP contribution in [0.5, 0.6) is 5.75 Å². The van der Waals surface area contributed by atoms with Crippen molar-refractivity contribution in [1.82, 2.24) is 4.90 Å². The van der Waals surface area contributed by atoms with Gasteiger partial charge >= 0.3 is 12.4 Å². The van der Waals surface area contributed by atoms with E-state index in [0.717, 1.165) is 11.9 Å².